The van der Waals surface area contributed by atoms with Crippen LogP contribution in [0.2, 0.25) is 0 Å². The average Bonchev–Trinajstić information content (AvgIpc) is 2.14. The van der Waals surface area contributed by atoms with Crippen molar-refractivity contribution in [1.29, 1.82) is 0 Å². The van der Waals surface area contributed by atoms with Crippen LogP contribution >= 0.6 is 0 Å². The van der Waals surface area contributed by atoms with E-state index in [1.807, 2.05) is 6.92 Å². The first kappa shape index (κ1) is 12.9. The molecule has 0 aromatic carbocycles. The quantitative estimate of drug-likeness (QED) is 0.630. The third-order valence-corrected chi connectivity index (χ3v) is 2.44. The molecule has 2 heteroatoms. The van der Waals surface area contributed by atoms with Crippen molar-refractivity contribution in [3.8, 4) is 0 Å². The van der Waals surface area contributed by atoms with Gasteiger partial charge < -0.3 is 10.0 Å². The summed E-state index contributed by atoms with van der Waals surface area (Å²) in [5.74, 6) is 0. The van der Waals surface area contributed by atoms with Gasteiger partial charge >= 0.3 is 0 Å². The molecular formula is C11H25NO. The van der Waals surface area contributed by atoms with Crippen molar-refractivity contribution in [1.82, 2.24) is 4.90 Å². The van der Waals surface area contributed by atoms with Crippen LogP contribution in [0.1, 0.15) is 46.0 Å². The highest BCUT2D eigenvalue weighted by Crippen LogP contribution is 2.02. The Bertz CT molecular complexity index is 106. The van der Waals surface area contributed by atoms with E-state index in [4.69, 9.17) is 0 Å². The average molecular weight is 187 g/mol. The molecule has 0 aromatic rings. The van der Waals surface area contributed by atoms with Gasteiger partial charge in [0.1, 0.15) is 0 Å². The Hall–Kier alpha value is -0.0800. The third kappa shape index (κ3) is 8.26. The molecule has 0 aliphatic heterocycles. The Morgan fingerprint density at radius 2 is 1.77 bits per heavy atom. The highest BCUT2D eigenvalue weighted by Gasteiger charge is 2.01. The number of hydrogen-bond donors (Lipinski definition) is 1. The Kier molecular flexibility index (Phi) is 8.46. The van der Waals surface area contributed by atoms with Crippen LogP contribution in [0.5, 0.6) is 0 Å². The summed E-state index contributed by atoms with van der Waals surface area (Å²) in [5, 5.41) is 9.33. The summed E-state index contributed by atoms with van der Waals surface area (Å²) in [6.45, 7) is 6.57. The van der Waals surface area contributed by atoms with Gasteiger partial charge in [0.15, 0.2) is 0 Å². The van der Waals surface area contributed by atoms with Crippen LogP contribution in [-0.4, -0.2) is 36.2 Å². The van der Waals surface area contributed by atoms with E-state index in [0.29, 0.717) is 0 Å². The fourth-order valence-corrected chi connectivity index (χ4v) is 1.34. The van der Waals surface area contributed by atoms with Gasteiger partial charge in [0.05, 0.1) is 6.10 Å². The lowest BCUT2D eigenvalue weighted by Crippen LogP contribution is -2.21. The van der Waals surface area contributed by atoms with E-state index in [1.165, 1.54) is 19.4 Å². The minimum atomic E-state index is -0.0837. The lowest BCUT2D eigenvalue weighted by molar-refractivity contribution is 0.152. The zero-order valence-corrected chi connectivity index (χ0v) is 9.42. The summed E-state index contributed by atoms with van der Waals surface area (Å²) in [5.41, 5.74) is 0. The van der Waals surface area contributed by atoms with Crippen LogP contribution in [0.15, 0.2) is 0 Å². The van der Waals surface area contributed by atoms with Gasteiger partial charge in [-0.15, -0.1) is 0 Å². The molecule has 0 aliphatic rings. The van der Waals surface area contributed by atoms with Crippen molar-refractivity contribution in [3.63, 3.8) is 0 Å². The Morgan fingerprint density at radius 1 is 1.15 bits per heavy atom. The maximum atomic E-state index is 9.33. The maximum Gasteiger partial charge on any atom is 0.0538 e. The van der Waals surface area contributed by atoms with Crippen molar-refractivity contribution in [2.24, 2.45) is 0 Å². The van der Waals surface area contributed by atoms with Gasteiger partial charge in [-0.25, -0.2) is 0 Å². The summed E-state index contributed by atoms with van der Waals surface area (Å²) in [6, 6.07) is 0. The second-order valence-corrected chi connectivity index (χ2v) is 3.86. The first-order chi connectivity index (χ1) is 6.20. The Balaban J connectivity index is 3.21. The SMILES string of the molecule is CCCCN(C)CCCC(O)CC. The van der Waals surface area contributed by atoms with E-state index in [-0.39, 0.29) is 6.10 Å². The summed E-state index contributed by atoms with van der Waals surface area (Å²) in [6.07, 6.45) is 5.43. The molecule has 0 saturated carbocycles. The van der Waals surface area contributed by atoms with Crippen LogP contribution in [0, 0.1) is 0 Å². The number of unbranched alkanes of at least 4 members (excludes halogenated alkanes) is 1. The first-order valence-electron chi connectivity index (χ1n) is 5.57. The topological polar surface area (TPSA) is 23.5 Å². The molecule has 0 aromatic heterocycles. The molecule has 0 radical (unpaired) electrons. The molecule has 0 heterocycles. The molecule has 1 atom stereocenters. The molecule has 0 amide bonds. The van der Waals surface area contributed by atoms with Crippen molar-refractivity contribution >= 4 is 0 Å². The minimum Gasteiger partial charge on any atom is -0.393 e. The van der Waals surface area contributed by atoms with Crippen molar-refractivity contribution < 1.29 is 5.11 Å². The number of aliphatic hydroxyl groups excluding tert-OH is 1. The van der Waals surface area contributed by atoms with Crippen LogP contribution in [-0.2, 0) is 0 Å². The summed E-state index contributed by atoms with van der Waals surface area (Å²) < 4.78 is 0. The molecule has 0 fully saturated rings. The summed E-state index contributed by atoms with van der Waals surface area (Å²) in [4.78, 5) is 2.35. The van der Waals surface area contributed by atoms with Crippen LogP contribution in [0.3, 0.4) is 0 Å². The predicted molar refractivity (Wildman–Crippen MR) is 57.9 cm³/mol. The van der Waals surface area contributed by atoms with Crippen LogP contribution < -0.4 is 0 Å². The molecule has 80 valence electrons. The lowest BCUT2D eigenvalue weighted by Gasteiger charge is -2.16. The van der Waals surface area contributed by atoms with Crippen LogP contribution in [0.4, 0.5) is 0 Å². The molecule has 2 nitrogen and oxygen atoms in total. The minimum absolute atomic E-state index is 0.0837. The maximum absolute atomic E-state index is 9.33. The standard InChI is InChI=1S/C11H25NO/c1-4-6-9-12(3)10-7-8-11(13)5-2/h11,13H,4-10H2,1-3H3. The van der Waals surface area contributed by atoms with Crippen molar-refractivity contribution in [2.75, 3.05) is 20.1 Å². The Labute approximate surface area is 82.9 Å². The zero-order valence-electron chi connectivity index (χ0n) is 9.42. The van der Waals surface area contributed by atoms with E-state index in [2.05, 4.69) is 18.9 Å². The molecule has 0 spiro atoms. The zero-order chi connectivity index (χ0) is 10.1. The summed E-state index contributed by atoms with van der Waals surface area (Å²) in [7, 11) is 2.16. The van der Waals surface area contributed by atoms with E-state index >= 15 is 0 Å². The van der Waals surface area contributed by atoms with Gasteiger partial charge in [-0.1, -0.05) is 20.3 Å². The fourth-order valence-electron chi connectivity index (χ4n) is 1.34. The monoisotopic (exact) mass is 187 g/mol. The second kappa shape index (κ2) is 8.52. The van der Waals surface area contributed by atoms with E-state index in [9.17, 15) is 5.11 Å². The molecule has 1 unspecified atom stereocenters. The van der Waals surface area contributed by atoms with Gasteiger partial charge in [0, 0.05) is 0 Å². The lowest BCUT2D eigenvalue weighted by atomic mass is 10.1. The molecule has 0 rings (SSSR count). The number of hydrogen-bond acceptors (Lipinski definition) is 2. The van der Waals surface area contributed by atoms with E-state index in [0.717, 1.165) is 25.8 Å². The normalized spacial score (nSPS) is 13.6. The molecule has 0 bridgehead atoms. The molecule has 13 heavy (non-hydrogen) atoms. The van der Waals surface area contributed by atoms with Crippen molar-refractivity contribution in [3.05, 3.63) is 0 Å². The largest absolute Gasteiger partial charge is 0.393 e. The van der Waals surface area contributed by atoms with Gasteiger partial charge in [0.25, 0.3) is 0 Å². The predicted octanol–water partition coefficient (Wildman–Crippen LogP) is 2.27. The number of aliphatic hydroxyl groups is 1. The molecule has 0 aliphatic carbocycles. The number of rotatable bonds is 8. The first-order valence-corrected chi connectivity index (χ1v) is 5.57. The molecule has 0 saturated heterocycles. The van der Waals surface area contributed by atoms with Gasteiger partial charge in [-0.2, -0.15) is 0 Å². The smallest absolute Gasteiger partial charge is 0.0538 e. The third-order valence-electron chi connectivity index (χ3n) is 2.44. The van der Waals surface area contributed by atoms with Crippen molar-refractivity contribution in [2.45, 2.75) is 52.1 Å². The van der Waals surface area contributed by atoms with Gasteiger partial charge in [-0.05, 0) is 45.8 Å². The molecule has 1 N–H and O–H groups in total. The molecular weight excluding hydrogens is 162 g/mol. The highest BCUT2D eigenvalue weighted by atomic mass is 16.3. The van der Waals surface area contributed by atoms with E-state index < -0.39 is 0 Å². The highest BCUT2D eigenvalue weighted by molar-refractivity contribution is 4.56. The summed E-state index contributed by atoms with van der Waals surface area (Å²) >= 11 is 0. The Morgan fingerprint density at radius 3 is 2.31 bits per heavy atom. The number of nitrogens with zero attached hydrogens (tertiary/aromatic N) is 1. The fraction of sp³-hybridized carbons (Fsp3) is 1.00. The second-order valence-electron chi connectivity index (χ2n) is 3.86. The van der Waals surface area contributed by atoms with E-state index in [1.54, 1.807) is 0 Å². The van der Waals surface area contributed by atoms with Gasteiger partial charge in [-0.3, -0.25) is 0 Å². The van der Waals surface area contributed by atoms with Crippen LogP contribution in [0.25, 0.3) is 0 Å². The van der Waals surface area contributed by atoms with Gasteiger partial charge in [0.2, 0.25) is 0 Å².